The third kappa shape index (κ3) is 6.34. The van der Waals surface area contributed by atoms with E-state index in [2.05, 4.69) is 11.6 Å². The van der Waals surface area contributed by atoms with Crippen LogP contribution in [0.25, 0.3) is 0 Å². The minimum Gasteiger partial charge on any atom is -0.294 e. The number of carbonyl (C=O) groups excluding carboxylic acids is 1. The van der Waals surface area contributed by atoms with Crippen LogP contribution < -0.4 is 0 Å². The minimum atomic E-state index is -2.83. The number of rotatable bonds is 8. The van der Waals surface area contributed by atoms with Crippen molar-refractivity contribution in [3.05, 3.63) is 70.4 Å². The fraction of sp³-hybridized carbons (Fsp3) is 0.333. The Hall–Kier alpha value is -2.07. The van der Waals surface area contributed by atoms with E-state index in [-0.39, 0.29) is 11.4 Å². The smallest absolute Gasteiger partial charge is 0.266 e. The van der Waals surface area contributed by atoms with Crippen molar-refractivity contribution in [2.45, 2.75) is 46.5 Å². The van der Waals surface area contributed by atoms with E-state index in [0.717, 1.165) is 6.92 Å². The van der Waals surface area contributed by atoms with Crippen LogP contribution in [-0.4, -0.2) is 17.4 Å². The van der Waals surface area contributed by atoms with Gasteiger partial charge in [0.25, 0.3) is 5.92 Å². The second kappa shape index (κ2) is 9.58. The number of hydrogen-bond donors (Lipinski definition) is 0. The van der Waals surface area contributed by atoms with Gasteiger partial charge in [-0.05, 0) is 45.3 Å². The Balaban J connectivity index is 3.14. The number of halogens is 3. The fourth-order valence-corrected chi connectivity index (χ4v) is 2.50. The molecule has 1 aromatic rings. The van der Waals surface area contributed by atoms with Gasteiger partial charge in [0.15, 0.2) is 5.78 Å². The van der Waals surface area contributed by atoms with Crippen molar-refractivity contribution >= 4 is 23.1 Å². The number of Topliss-reactive ketones (excluding diaryl/α,β-unsaturated/α-hetero) is 1. The molecular formula is C21H24ClF2NO. The molecule has 0 N–H and O–H groups in total. The molecule has 0 spiro atoms. The summed E-state index contributed by atoms with van der Waals surface area (Å²) in [4.78, 5) is 16.5. The largest absolute Gasteiger partial charge is 0.294 e. The Bertz CT molecular complexity index is 770. The van der Waals surface area contributed by atoms with Crippen molar-refractivity contribution in [2.24, 2.45) is 4.99 Å². The lowest BCUT2D eigenvalue weighted by Gasteiger charge is -2.12. The van der Waals surface area contributed by atoms with Crippen LogP contribution in [-0.2, 0) is 4.79 Å². The first-order valence-electron chi connectivity index (χ1n) is 8.32. The van der Waals surface area contributed by atoms with Crippen molar-refractivity contribution in [3.8, 4) is 0 Å². The number of nitrogens with zero attached hydrogens (tertiary/aromatic N) is 1. The maximum atomic E-state index is 13.2. The van der Waals surface area contributed by atoms with Gasteiger partial charge < -0.3 is 0 Å². The van der Waals surface area contributed by atoms with Crippen LogP contribution in [0.2, 0.25) is 5.02 Å². The average Bonchev–Trinajstić information content (AvgIpc) is 2.53. The number of aliphatic imine (C=N–C) groups is 1. The molecular weight excluding hydrogens is 356 g/mol. The van der Waals surface area contributed by atoms with Crippen molar-refractivity contribution in [3.63, 3.8) is 0 Å². The van der Waals surface area contributed by atoms with E-state index in [1.807, 2.05) is 6.07 Å². The molecule has 0 aliphatic heterocycles. The first kappa shape index (κ1) is 22.0. The van der Waals surface area contributed by atoms with Crippen LogP contribution >= 0.6 is 11.6 Å². The first-order valence-corrected chi connectivity index (χ1v) is 8.69. The molecule has 0 atom stereocenters. The van der Waals surface area contributed by atoms with E-state index in [9.17, 15) is 13.6 Å². The van der Waals surface area contributed by atoms with Gasteiger partial charge in [-0.3, -0.25) is 9.79 Å². The van der Waals surface area contributed by atoms with Gasteiger partial charge in [0.1, 0.15) is 0 Å². The number of benzene rings is 1. The van der Waals surface area contributed by atoms with Crippen LogP contribution in [0.4, 0.5) is 8.78 Å². The van der Waals surface area contributed by atoms with E-state index in [4.69, 9.17) is 11.6 Å². The first-order chi connectivity index (χ1) is 12.1. The molecule has 140 valence electrons. The zero-order valence-electron chi connectivity index (χ0n) is 15.6. The van der Waals surface area contributed by atoms with Crippen molar-refractivity contribution in [1.29, 1.82) is 0 Å². The highest BCUT2D eigenvalue weighted by Crippen LogP contribution is 2.24. The third-order valence-electron chi connectivity index (χ3n) is 3.90. The molecule has 0 unspecified atom stereocenters. The predicted octanol–water partition coefficient (Wildman–Crippen LogP) is 6.56. The highest BCUT2D eigenvalue weighted by Gasteiger charge is 2.23. The van der Waals surface area contributed by atoms with Crippen LogP contribution in [0.15, 0.2) is 64.8 Å². The molecule has 0 aliphatic carbocycles. The summed E-state index contributed by atoms with van der Waals surface area (Å²) in [6.45, 7) is 9.37. The van der Waals surface area contributed by atoms with Crippen LogP contribution in [0.3, 0.4) is 0 Å². The SMILES string of the molecule is C=C(CC/C=C(\C)C(C)(F)F)N=C(/C(=C\C)C(C)=O)c1ccccc1Cl. The van der Waals surface area contributed by atoms with E-state index < -0.39 is 5.92 Å². The zero-order chi connectivity index (χ0) is 19.9. The number of ketones is 1. The van der Waals surface area contributed by atoms with Crippen LogP contribution in [0.5, 0.6) is 0 Å². The average molecular weight is 380 g/mol. The Kier molecular flexibility index (Phi) is 8.09. The van der Waals surface area contributed by atoms with Crippen molar-refractivity contribution in [1.82, 2.24) is 0 Å². The van der Waals surface area contributed by atoms with Gasteiger partial charge in [0.2, 0.25) is 0 Å². The predicted molar refractivity (Wildman–Crippen MR) is 105 cm³/mol. The normalized spacial score (nSPS) is 13.7. The standard InChI is InChI=1S/C21H24ClF2NO/c1-6-17(16(4)26)20(18-12-7-8-13-19(18)22)25-15(3)11-9-10-14(2)21(5,23)24/h6-8,10,12-13H,3,9,11H2,1-2,4-5H3/b14-10+,17-6-,25-20?. The lowest BCUT2D eigenvalue weighted by atomic mass is 9.99. The molecule has 5 heteroatoms. The van der Waals surface area contributed by atoms with Gasteiger partial charge in [-0.1, -0.05) is 48.5 Å². The summed E-state index contributed by atoms with van der Waals surface area (Å²) in [6, 6.07) is 7.10. The molecule has 0 saturated carbocycles. The number of carbonyl (C=O) groups is 1. The van der Waals surface area contributed by atoms with Gasteiger partial charge >= 0.3 is 0 Å². The van der Waals surface area contributed by atoms with Gasteiger partial charge in [0, 0.05) is 28.8 Å². The maximum absolute atomic E-state index is 13.2. The lowest BCUT2D eigenvalue weighted by molar-refractivity contribution is -0.113. The van der Waals surface area contributed by atoms with E-state index in [0.29, 0.717) is 40.4 Å². The molecule has 0 radical (unpaired) electrons. The van der Waals surface area contributed by atoms with E-state index >= 15 is 0 Å². The van der Waals surface area contributed by atoms with Gasteiger partial charge in [-0.15, -0.1) is 0 Å². The number of allylic oxidation sites excluding steroid dienone is 5. The third-order valence-corrected chi connectivity index (χ3v) is 4.23. The summed E-state index contributed by atoms with van der Waals surface area (Å²) in [5.41, 5.74) is 2.01. The number of hydrogen-bond acceptors (Lipinski definition) is 2. The van der Waals surface area contributed by atoms with Crippen LogP contribution in [0.1, 0.15) is 46.1 Å². The Labute approximate surface area is 159 Å². The summed E-state index contributed by atoms with van der Waals surface area (Å²) in [6.07, 6.45) is 3.95. The Morgan fingerprint density at radius 1 is 1.31 bits per heavy atom. The molecule has 1 rings (SSSR count). The summed E-state index contributed by atoms with van der Waals surface area (Å²) in [7, 11) is 0. The summed E-state index contributed by atoms with van der Waals surface area (Å²) in [5.74, 6) is -2.97. The van der Waals surface area contributed by atoms with Crippen molar-refractivity contribution < 1.29 is 13.6 Å². The quantitative estimate of drug-likeness (QED) is 0.285. The molecule has 0 saturated heterocycles. The molecule has 2 nitrogen and oxygen atoms in total. The maximum Gasteiger partial charge on any atom is 0.266 e. The van der Waals surface area contributed by atoms with Crippen LogP contribution in [0, 0.1) is 0 Å². The highest BCUT2D eigenvalue weighted by molar-refractivity contribution is 6.38. The Morgan fingerprint density at radius 3 is 2.42 bits per heavy atom. The number of alkyl halides is 2. The summed E-state index contributed by atoms with van der Waals surface area (Å²) in [5, 5.41) is 0.473. The molecule has 0 heterocycles. The molecule has 0 amide bonds. The second-order valence-electron chi connectivity index (χ2n) is 6.08. The van der Waals surface area contributed by atoms with E-state index in [1.165, 1.54) is 19.9 Å². The summed E-state index contributed by atoms with van der Waals surface area (Å²) < 4.78 is 26.4. The van der Waals surface area contributed by atoms with Crippen molar-refractivity contribution in [2.75, 3.05) is 0 Å². The van der Waals surface area contributed by atoms with E-state index in [1.54, 1.807) is 31.2 Å². The molecule has 26 heavy (non-hydrogen) atoms. The minimum absolute atomic E-state index is 0.0125. The fourth-order valence-electron chi connectivity index (χ4n) is 2.27. The van der Waals surface area contributed by atoms with Gasteiger partial charge in [-0.2, -0.15) is 0 Å². The molecule has 0 bridgehead atoms. The zero-order valence-corrected chi connectivity index (χ0v) is 16.3. The van der Waals surface area contributed by atoms with Gasteiger partial charge in [0.05, 0.1) is 5.71 Å². The molecule has 1 aromatic carbocycles. The molecule has 0 aromatic heterocycles. The van der Waals surface area contributed by atoms with Gasteiger partial charge in [-0.25, -0.2) is 8.78 Å². The molecule has 0 fully saturated rings. The highest BCUT2D eigenvalue weighted by atomic mass is 35.5. The lowest BCUT2D eigenvalue weighted by Crippen LogP contribution is -2.13. The Morgan fingerprint density at radius 2 is 1.92 bits per heavy atom. The topological polar surface area (TPSA) is 29.4 Å². The monoisotopic (exact) mass is 379 g/mol. The summed E-state index contributed by atoms with van der Waals surface area (Å²) >= 11 is 6.26. The second-order valence-corrected chi connectivity index (χ2v) is 6.49. The molecule has 0 aliphatic rings.